The zero-order valence-corrected chi connectivity index (χ0v) is 17.9. The second-order valence-electron chi connectivity index (χ2n) is 7.29. The van der Waals surface area contributed by atoms with Gasteiger partial charge in [0.05, 0.1) is 17.3 Å². The van der Waals surface area contributed by atoms with Gasteiger partial charge in [0.2, 0.25) is 0 Å². The molecule has 1 unspecified atom stereocenters. The summed E-state index contributed by atoms with van der Waals surface area (Å²) in [4.78, 5) is 9.49. The van der Waals surface area contributed by atoms with Crippen LogP contribution in [0, 0.1) is 0 Å². The van der Waals surface area contributed by atoms with Gasteiger partial charge in [0.25, 0.3) is 0 Å². The highest BCUT2D eigenvalue weighted by atomic mass is 35.5. The van der Waals surface area contributed by atoms with Crippen LogP contribution in [0.1, 0.15) is 31.9 Å². The normalized spacial score (nSPS) is 12.0. The number of para-hydroxylation sites is 1. The number of pyridine rings is 2. The topological polar surface area (TPSA) is 49.8 Å². The van der Waals surface area contributed by atoms with E-state index in [4.69, 9.17) is 16.6 Å². The van der Waals surface area contributed by atoms with Crippen LogP contribution in [0.4, 0.5) is 11.5 Å². The van der Waals surface area contributed by atoms with Crippen molar-refractivity contribution in [3.63, 3.8) is 0 Å². The Morgan fingerprint density at radius 3 is 2.63 bits per heavy atom. The fourth-order valence-corrected chi connectivity index (χ4v) is 3.80. The molecule has 0 radical (unpaired) electrons. The van der Waals surface area contributed by atoms with E-state index in [9.17, 15) is 0 Å². The van der Waals surface area contributed by atoms with Gasteiger partial charge in [-0.15, -0.1) is 0 Å². The molecule has 0 amide bonds. The number of aromatic nitrogens is 2. The van der Waals surface area contributed by atoms with Crippen molar-refractivity contribution < 1.29 is 0 Å². The molecule has 30 heavy (non-hydrogen) atoms. The van der Waals surface area contributed by atoms with Crippen molar-refractivity contribution >= 4 is 34.0 Å². The highest BCUT2D eigenvalue weighted by molar-refractivity contribution is 6.33. The smallest absolute Gasteiger partial charge is 0.136 e. The van der Waals surface area contributed by atoms with E-state index in [0.717, 1.165) is 46.6 Å². The fraction of sp³-hybridized carbons (Fsp3) is 0.200. The molecule has 2 aromatic carbocycles. The molecular weight excluding hydrogens is 392 g/mol. The second kappa shape index (κ2) is 9.14. The first-order valence-corrected chi connectivity index (χ1v) is 10.6. The minimum atomic E-state index is 0.0583. The number of nitrogens with one attached hydrogen (secondary N) is 2. The van der Waals surface area contributed by atoms with Crippen LogP contribution in [0.5, 0.6) is 0 Å². The second-order valence-corrected chi connectivity index (χ2v) is 7.69. The van der Waals surface area contributed by atoms with Crippen LogP contribution in [0.25, 0.3) is 22.2 Å². The minimum absolute atomic E-state index is 0.0583. The van der Waals surface area contributed by atoms with Gasteiger partial charge in [-0.3, -0.25) is 4.98 Å². The molecular formula is C25H25ClN4. The SMILES string of the molecule is CCCNc1ccccc1C(C)Nc1nc(-c2ccccc2Cl)cc2ncccc12. The first-order valence-electron chi connectivity index (χ1n) is 10.3. The van der Waals surface area contributed by atoms with Crippen LogP contribution in [0.3, 0.4) is 0 Å². The van der Waals surface area contributed by atoms with E-state index in [0.29, 0.717) is 5.02 Å². The summed E-state index contributed by atoms with van der Waals surface area (Å²) in [5.74, 6) is 0.799. The van der Waals surface area contributed by atoms with Crippen LogP contribution >= 0.6 is 11.6 Å². The zero-order chi connectivity index (χ0) is 20.9. The van der Waals surface area contributed by atoms with E-state index >= 15 is 0 Å². The summed E-state index contributed by atoms with van der Waals surface area (Å²) in [5.41, 5.74) is 4.93. The first-order chi connectivity index (χ1) is 14.7. The molecule has 0 saturated carbocycles. The van der Waals surface area contributed by atoms with Crippen molar-refractivity contribution in [2.75, 3.05) is 17.2 Å². The first kappa shape index (κ1) is 20.2. The molecule has 2 aromatic heterocycles. The zero-order valence-electron chi connectivity index (χ0n) is 17.2. The molecule has 0 saturated heterocycles. The highest BCUT2D eigenvalue weighted by Gasteiger charge is 2.15. The number of hydrogen-bond acceptors (Lipinski definition) is 4. The predicted molar refractivity (Wildman–Crippen MR) is 127 cm³/mol. The molecule has 0 aliphatic rings. The average Bonchev–Trinajstić information content (AvgIpc) is 2.78. The summed E-state index contributed by atoms with van der Waals surface area (Å²) in [7, 11) is 0. The lowest BCUT2D eigenvalue weighted by molar-refractivity contribution is 0.873. The Labute approximate surface area is 182 Å². The summed E-state index contributed by atoms with van der Waals surface area (Å²) < 4.78 is 0. The molecule has 4 rings (SSSR count). The summed E-state index contributed by atoms with van der Waals surface area (Å²) in [5, 5.41) is 8.79. The van der Waals surface area contributed by atoms with E-state index in [1.54, 1.807) is 6.20 Å². The Bertz CT molecular complexity index is 1160. The van der Waals surface area contributed by atoms with Gasteiger partial charge in [0, 0.05) is 34.4 Å². The highest BCUT2D eigenvalue weighted by Crippen LogP contribution is 2.33. The molecule has 5 heteroatoms. The van der Waals surface area contributed by atoms with Gasteiger partial charge in [-0.05, 0) is 49.2 Å². The molecule has 0 fully saturated rings. The average molecular weight is 417 g/mol. The third-order valence-corrected chi connectivity index (χ3v) is 5.42. The predicted octanol–water partition coefficient (Wildman–Crippen LogP) is 6.95. The van der Waals surface area contributed by atoms with Gasteiger partial charge in [0.15, 0.2) is 0 Å². The quantitative estimate of drug-likeness (QED) is 0.342. The summed E-state index contributed by atoms with van der Waals surface area (Å²) in [6, 6.07) is 22.2. The van der Waals surface area contributed by atoms with Crippen molar-refractivity contribution in [1.82, 2.24) is 9.97 Å². The Balaban J connectivity index is 1.75. The van der Waals surface area contributed by atoms with Gasteiger partial charge < -0.3 is 10.6 Å². The maximum atomic E-state index is 6.44. The standard InChI is InChI=1S/C25H25ClN4/c1-3-14-27-22-13-7-5-9-18(22)17(2)29-25-20-11-8-15-28-23(20)16-24(30-25)19-10-4-6-12-21(19)26/h4-13,15-17,27H,3,14H2,1-2H3,(H,29,30). The van der Waals surface area contributed by atoms with Crippen molar-refractivity contribution in [3.8, 4) is 11.3 Å². The number of benzene rings is 2. The maximum Gasteiger partial charge on any atom is 0.136 e. The lowest BCUT2D eigenvalue weighted by Crippen LogP contribution is -2.12. The van der Waals surface area contributed by atoms with Crippen LogP contribution in [-0.2, 0) is 0 Å². The Hall–Kier alpha value is -3.11. The molecule has 152 valence electrons. The number of hydrogen-bond donors (Lipinski definition) is 2. The molecule has 0 aliphatic carbocycles. The molecule has 1 atom stereocenters. The number of anilines is 2. The van der Waals surface area contributed by atoms with E-state index < -0.39 is 0 Å². The van der Waals surface area contributed by atoms with Gasteiger partial charge in [-0.25, -0.2) is 4.98 Å². The number of halogens is 1. The molecule has 2 N–H and O–H groups in total. The van der Waals surface area contributed by atoms with Crippen LogP contribution in [-0.4, -0.2) is 16.5 Å². The lowest BCUT2D eigenvalue weighted by Gasteiger charge is -2.21. The Morgan fingerprint density at radius 1 is 1.00 bits per heavy atom. The number of nitrogens with zero attached hydrogens (tertiary/aromatic N) is 2. The van der Waals surface area contributed by atoms with E-state index in [1.165, 1.54) is 5.56 Å². The van der Waals surface area contributed by atoms with Crippen LogP contribution < -0.4 is 10.6 Å². The summed E-state index contributed by atoms with van der Waals surface area (Å²) in [6.07, 6.45) is 2.88. The fourth-order valence-electron chi connectivity index (χ4n) is 3.57. The largest absolute Gasteiger partial charge is 0.385 e. The van der Waals surface area contributed by atoms with Crippen molar-refractivity contribution in [1.29, 1.82) is 0 Å². The van der Waals surface area contributed by atoms with Crippen LogP contribution in [0.2, 0.25) is 5.02 Å². The summed E-state index contributed by atoms with van der Waals surface area (Å²) >= 11 is 6.44. The molecule has 2 heterocycles. The monoisotopic (exact) mass is 416 g/mol. The summed E-state index contributed by atoms with van der Waals surface area (Å²) in [6.45, 7) is 5.26. The van der Waals surface area contributed by atoms with Gasteiger partial charge in [-0.1, -0.05) is 54.9 Å². The van der Waals surface area contributed by atoms with Crippen LogP contribution in [0.15, 0.2) is 72.9 Å². The van der Waals surface area contributed by atoms with E-state index in [-0.39, 0.29) is 6.04 Å². The number of rotatable bonds is 7. The minimum Gasteiger partial charge on any atom is -0.385 e. The molecule has 4 aromatic rings. The Morgan fingerprint density at radius 2 is 1.80 bits per heavy atom. The molecule has 0 spiro atoms. The number of fused-ring (bicyclic) bond motifs is 1. The van der Waals surface area contributed by atoms with Crippen molar-refractivity contribution in [2.24, 2.45) is 0 Å². The van der Waals surface area contributed by atoms with Gasteiger partial charge in [0.1, 0.15) is 5.82 Å². The van der Waals surface area contributed by atoms with Crippen molar-refractivity contribution in [2.45, 2.75) is 26.3 Å². The lowest BCUT2D eigenvalue weighted by atomic mass is 10.0. The molecule has 0 bridgehead atoms. The third-order valence-electron chi connectivity index (χ3n) is 5.10. The van der Waals surface area contributed by atoms with Gasteiger partial charge >= 0.3 is 0 Å². The van der Waals surface area contributed by atoms with E-state index in [2.05, 4.69) is 53.7 Å². The van der Waals surface area contributed by atoms with Gasteiger partial charge in [-0.2, -0.15) is 0 Å². The maximum absolute atomic E-state index is 6.44. The van der Waals surface area contributed by atoms with E-state index in [1.807, 2.05) is 42.5 Å². The third kappa shape index (κ3) is 4.24. The Kier molecular flexibility index (Phi) is 6.15. The molecule has 4 nitrogen and oxygen atoms in total. The molecule has 0 aliphatic heterocycles. The van der Waals surface area contributed by atoms with Crippen molar-refractivity contribution in [3.05, 3.63) is 83.5 Å².